The zero-order chi connectivity index (χ0) is 20.8. The van der Waals surface area contributed by atoms with Crippen LogP contribution >= 0.6 is 0 Å². The largest absolute Gasteiger partial charge is 0.480 e. The molecule has 0 fully saturated rings. The Labute approximate surface area is 154 Å². The van der Waals surface area contributed by atoms with E-state index in [1.165, 1.54) is 0 Å². The Kier molecular flexibility index (Phi) is 4.86. The van der Waals surface area contributed by atoms with Gasteiger partial charge in [-0.2, -0.15) is 23.3 Å². The Balaban J connectivity index is 2.25. The fraction of sp³-hybridized carbons (Fsp3) is 0.353. The lowest BCUT2D eigenvalue weighted by atomic mass is 9.95. The number of aromatic nitrogens is 4. The van der Waals surface area contributed by atoms with Gasteiger partial charge in [-0.25, -0.2) is 13.5 Å². The zero-order valence-electron chi connectivity index (χ0n) is 14.7. The fourth-order valence-electron chi connectivity index (χ4n) is 3.14. The van der Waals surface area contributed by atoms with Crippen molar-refractivity contribution >= 4 is 11.0 Å². The highest BCUT2D eigenvalue weighted by atomic mass is 19.4. The minimum atomic E-state index is -4.85. The molecule has 0 saturated carbocycles. The summed E-state index contributed by atoms with van der Waals surface area (Å²) in [4.78, 5) is 17.9. The number of hydrogen-bond donors (Lipinski definition) is 2. The van der Waals surface area contributed by atoms with Crippen LogP contribution in [-0.4, -0.2) is 24.9 Å². The van der Waals surface area contributed by atoms with E-state index in [4.69, 9.17) is 0 Å². The average Bonchev–Trinajstić information content (AvgIpc) is 2.92. The standard InChI is InChI=1S/C17H15F5N4O2/c1-7(2)13(8-3-4-9(10(19)5-8)17(20,21)22)26-14-12(11(6-18)25-26)15(27)24-16(28)23-14/h3-5,7,13H,6H2,1-2H3,(H2,23,24,27,28). The molecular formula is C17H15F5N4O2. The summed E-state index contributed by atoms with van der Waals surface area (Å²) < 4.78 is 67.1. The maximum Gasteiger partial charge on any atom is 0.419 e. The molecule has 0 spiro atoms. The maximum atomic E-state index is 14.1. The van der Waals surface area contributed by atoms with Crippen LogP contribution < -0.4 is 5.56 Å². The second kappa shape index (κ2) is 6.88. The van der Waals surface area contributed by atoms with Gasteiger partial charge in [0.05, 0.1) is 11.6 Å². The normalized spacial score (nSPS) is 13.4. The van der Waals surface area contributed by atoms with Crippen LogP contribution in [-0.2, 0) is 12.9 Å². The van der Waals surface area contributed by atoms with E-state index in [-0.39, 0.29) is 28.2 Å². The van der Waals surface area contributed by atoms with Gasteiger partial charge < -0.3 is 5.11 Å². The Morgan fingerprint density at radius 1 is 1.29 bits per heavy atom. The van der Waals surface area contributed by atoms with Gasteiger partial charge in [0.15, 0.2) is 5.65 Å². The third kappa shape index (κ3) is 3.32. The molecular weight excluding hydrogens is 387 g/mol. The van der Waals surface area contributed by atoms with E-state index < -0.39 is 41.8 Å². The predicted octanol–water partition coefficient (Wildman–Crippen LogP) is 3.70. The summed E-state index contributed by atoms with van der Waals surface area (Å²) in [6.07, 6.45) is -4.85. The van der Waals surface area contributed by atoms with Gasteiger partial charge in [-0.05, 0) is 23.6 Å². The van der Waals surface area contributed by atoms with E-state index in [1.807, 2.05) is 4.98 Å². The van der Waals surface area contributed by atoms with Crippen molar-refractivity contribution in [1.82, 2.24) is 19.7 Å². The van der Waals surface area contributed by atoms with Crippen LogP contribution in [0.1, 0.15) is 36.7 Å². The average molecular weight is 402 g/mol. The van der Waals surface area contributed by atoms with Gasteiger partial charge in [0.2, 0.25) is 0 Å². The highest BCUT2D eigenvalue weighted by Gasteiger charge is 2.35. The van der Waals surface area contributed by atoms with Gasteiger partial charge in [-0.1, -0.05) is 19.9 Å². The molecule has 0 saturated heterocycles. The monoisotopic (exact) mass is 402 g/mol. The van der Waals surface area contributed by atoms with Crippen molar-refractivity contribution in [3.8, 4) is 6.01 Å². The lowest BCUT2D eigenvalue weighted by Gasteiger charge is -2.23. The molecule has 2 N–H and O–H groups in total. The Morgan fingerprint density at radius 3 is 2.50 bits per heavy atom. The molecule has 150 valence electrons. The number of rotatable bonds is 4. The molecule has 28 heavy (non-hydrogen) atoms. The number of benzene rings is 1. The molecule has 0 bridgehead atoms. The molecule has 6 nitrogen and oxygen atoms in total. The molecule has 2 aromatic heterocycles. The van der Waals surface area contributed by atoms with E-state index in [2.05, 4.69) is 10.1 Å². The van der Waals surface area contributed by atoms with Crippen molar-refractivity contribution in [2.45, 2.75) is 32.7 Å². The summed E-state index contributed by atoms with van der Waals surface area (Å²) in [7, 11) is 0. The van der Waals surface area contributed by atoms with Crippen LogP contribution in [0.15, 0.2) is 23.0 Å². The Hall–Kier alpha value is -2.98. The van der Waals surface area contributed by atoms with Crippen LogP contribution in [0, 0.1) is 11.7 Å². The van der Waals surface area contributed by atoms with Crippen LogP contribution in [0.5, 0.6) is 6.01 Å². The molecule has 1 unspecified atom stereocenters. The predicted molar refractivity (Wildman–Crippen MR) is 89.0 cm³/mol. The Morgan fingerprint density at radius 2 is 1.96 bits per heavy atom. The van der Waals surface area contributed by atoms with Crippen molar-refractivity contribution in [2.24, 2.45) is 5.92 Å². The highest BCUT2D eigenvalue weighted by Crippen LogP contribution is 2.35. The second-order valence-electron chi connectivity index (χ2n) is 6.54. The van der Waals surface area contributed by atoms with Gasteiger partial charge in [-0.3, -0.25) is 9.78 Å². The van der Waals surface area contributed by atoms with Gasteiger partial charge in [0.25, 0.3) is 11.6 Å². The number of fused-ring (bicyclic) bond motifs is 1. The van der Waals surface area contributed by atoms with Gasteiger partial charge in [0, 0.05) is 0 Å². The summed E-state index contributed by atoms with van der Waals surface area (Å²) >= 11 is 0. The number of H-pyrrole nitrogens is 1. The summed E-state index contributed by atoms with van der Waals surface area (Å²) in [5, 5.41) is 13.4. The second-order valence-corrected chi connectivity index (χ2v) is 6.54. The minimum Gasteiger partial charge on any atom is -0.480 e. The van der Waals surface area contributed by atoms with Crippen LogP contribution in [0.2, 0.25) is 0 Å². The number of nitrogens with zero attached hydrogens (tertiary/aromatic N) is 3. The van der Waals surface area contributed by atoms with E-state index in [9.17, 15) is 31.9 Å². The molecule has 0 aliphatic rings. The van der Waals surface area contributed by atoms with Gasteiger partial charge in [-0.15, -0.1) is 0 Å². The molecule has 0 radical (unpaired) electrons. The van der Waals surface area contributed by atoms with E-state index in [0.29, 0.717) is 6.07 Å². The first-order valence-corrected chi connectivity index (χ1v) is 8.17. The van der Waals surface area contributed by atoms with Crippen molar-refractivity contribution in [3.05, 3.63) is 51.2 Å². The SMILES string of the molecule is CC(C)C(c1ccc(C(F)(F)F)c(F)c1)n1nc(CF)c2c(=O)[nH]c(O)nc21. The summed E-state index contributed by atoms with van der Waals surface area (Å²) in [6.45, 7) is 2.27. The number of halogens is 5. The van der Waals surface area contributed by atoms with Crippen molar-refractivity contribution in [1.29, 1.82) is 0 Å². The van der Waals surface area contributed by atoms with Crippen LogP contribution in [0.25, 0.3) is 11.0 Å². The number of nitrogens with one attached hydrogen (secondary N) is 1. The first kappa shape index (κ1) is 19.8. The topological polar surface area (TPSA) is 83.8 Å². The molecule has 11 heteroatoms. The van der Waals surface area contributed by atoms with Gasteiger partial charge >= 0.3 is 6.18 Å². The zero-order valence-corrected chi connectivity index (χ0v) is 14.7. The molecule has 2 heterocycles. The maximum absolute atomic E-state index is 14.1. The fourth-order valence-corrected chi connectivity index (χ4v) is 3.14. The molecule has 0 amide bonds. The quantitative estimate of drug-likeness (QED) is 0.652. The first-order valence-electron chi connectivity index (χ1n) is 8.17. The molecule has 1 atom stereocenters. The van der Waals surface area contributed by atoms with Crippen LogP contribution in [0.3, 0.4) is 0 Å². The highest BCUT2D eigenvalue weighted by molar-refractivity contribution is 5.77. The Bertz CT molecular complexity index is 1090. The molecule has 3 aromatic rings. The van der Waals surface area contributed by atoms with E-state index >= 15 is 0 Å². The molecule has 3 rings (SSSR count). The number of alkyl halides is 4. The first-order chi connectivity index (χ1) is 13.0. The van der Waals surface area contributed by atoms with Crippen LogP contribution in [0.4, 0.5) is 22.0 Å². The smallest absolute Gasteiger partial charge is 0.419 e. The van der Waals surface area contributed by atoms with Gasteiger partial charge in [0.1, 0.15) is 23.6 Å². The number of aromatic amines is 1. The van der Waals surface area contributed by atoms with Crippen molar-refractivity contribution < 1.29 is 27.1 Å². The molecule has 1 aromatic carbocycles. The third-order valence-electron chi connectivity index (χ3n) is 4.28. The summed E-state index contributed by atoms with van der Waals surface area (Å²) in [5.74, 6) is -1.82. The third-order valence-corrected chi connectivity index (χ3v) is 4.28. The van der Waals surface area contributed by atoms with E-state index in [1.54, 1.807) is 13.8 Å². The van der Waals surface area contributed by atoms with E-state index in [0.717, 1.165) is 16.8 Å². The minimum absolute atomic E-state index is 0.122. The lowest BCUT2D eigenvalue weighted by molar-refractivity contribution is -0.140. The van der Waals surface area contributed by atoms with Crippen molar-refractivity contribution in [3.63, 3.8) is 0 Å². The molecule has 0 aliphatic heterocycles. The van der Waals surface area contributed by atoms with Crippen molar-refractivity contribution in [2.75, 3.05) is 0 Å². The molecule has 0 aliphatic carbocycles. The number of hydrogen-bond acceptors (Lipinski definition) is 4. The number of aromatic hydroxyl groups is 1. The summed E-state index contributed by atoms with van der Waals surface area (Å²) in [6, 6.07) is 0.827. The summed E-state index contributed by atoms with van der Waals surface area (Å²) in [5.41, 5.74) is -2.52. The lowest BCUT2D eigenvalue weighted by Crippen LogP contribution is -2.20.